The highest BCUT2D eigenvalue weighted by atomic mass is 35.5. The van der Waals surface area contributed by atoms with Gasteiger partial charge in [-0.1, -0.05) is 17.7 Å². The largest absolute Gasteiger partial charge is 0.493 e. The predicted octanol–water partition coefficient (Wildman–Crippen LogP) is 4.71. The molecule has 0 atom stereocenters. The molecule has 24 heavy (non-hydrogen) atoms. The monoisotopic (exact) mass is 345 g/mol. The Morgan fingerprint density at radius 1 is 1.21 bits per heavy atom. The Hall–Kier alpha value is -2.46. The van der Waals surface area contributed by atoms with Crippen molar-refractivity contribution in [2.24, 2.45) is 0 Å². The third-order valence-electron chi connectivity index (χ3n) is 3.36. The maximum absolute atomic E-state index is 12.1. The van der Waals surface area contributed by atoms with Crippen molar-refractivity contribution in [2.75, 3.05) is 19.0 Å². The molecule has 1 amide bonds. The van der Waals surface area contributed by atoms with Gasteiger partial charge in [0.1, 0.15) is 0 Å². The molecule has 0 spiro atoms. The number of hydrogen-bond acceptors (Lipinski definition) is 3. The van der Waals surface area contributed by atoms with Gasteiger partial charge in [0.25, 0.3) is 0 Å². The Bertz CT molecular complexity index is 756. The first-order valence-corrected chi connectivity index (χ1v) is 7.97. The van der Waals surface area contributed by atoms with Crippen LogP contribution >= 0.6 is 11.6 Å². The second-order valence-electron chi connectivity index (χ2n) is 5.13. The van der Waals surface area contributed by atoms with Gasteiger partial charge >= 0.3 is 0 Å². The van der Waals surface area contributed by atoms with Crippen molar-refractivity contribution in [3.8, 4) is 11.5 Å². The summed E-state index contributed by atoms with van der Waals surface area (Å²) in [6, 6.07) is 10.8. The minimum absolute atomic E-state index is 0.215. The molecule has 0 aliphatic heterocycles. The topological polar surface area (TPSA) is 47.6 Å². The Morgan fingerprint density at radius 2 is 2.00 bits per heavy atom. The highest BCUT2D eigenvalue weighted by Gasteiger charge is 2.05. The van der Waals surface area contributed by atoms with Gasteiger partial charge in [0, 0.05) is 16.8 Å². The van der Waals surface area contributed by atoms with Crippen molar-refractivity contribution in [3.63, 3.8) is 0 Å². The molecule has 0 unspecified atom stereocenters. The molecule has 1 N–H and O–H groups in total. The van der Waals surface area contributed by atoms with Gasteiger partial charge in [0.15, 0.2) is 11.5 Å². The van der Waals surface area contributed by atoms with Crippen LogP contribution in [0.4, 0.5) is 5.69 Å². The quantitative estimate of drug-likeness (QED) is 0.771. The highest BCUT2D eigenvalue weighted by Crippen LogP contribution is 2.28. The second kappa shape index (κ2) is 8.41. The standard InChI is InChI=1S/C19H20ClNO3/c1-4-24-17-9-5-14(12-18(17)23-3)6-10-19(22)21-16-8-7-15(20)11-13(16)2/h5-12H,4H2,1-3H3,(H,21,22)/b10-6+. The maximum Gasteiger partial charge on any atom is 0.248 e. The van der Waals surface area contributed by atoms with E-state index in [0.29, 0.717) is 23.1 Å². The van der Waals surface area contributed by atoms with Gasteiger partial charge in [-0.2, -0.15) is 0 Å². The van der Waals surface area contributed by atoms with E-state index in [-0.39, 0.29) is 5.91 Å². The number of rotatable bonds is 6. The number of halogens is 1. The van der Waals surface area contributed by atoms with E-state index in [4.69, 9.17) is 21.1 Å². The van der Waals surface area contributed by atoms with Gasteiger partial charge in [-0.3, -0.25) is 4.79 Å². The number of carbonyl (C=O) groups is 1. The average Bonchev–Trinajstić information content (AvgIpc) is 2.56. The summed E-state index contributed by atoms with van der Waals surface area (Å²) in [6.45, 7) is 4.37. The van der Waals surface area contributed by atoms with E-state index >= 15 is 0 Å². The summed E-state index contributed by atoms with van der Waals surface area (Å²) in [4.78, 5) is 12.1. The molecule has 0 aromatic heterocycles. The van der Waals surface area contributed by atoms with Gasteiger partial charge in [0.2, 0.25) is 5.91 Å². The number of hydrogen-bond donors (Lipinski definition) is 1. The Morgan fingerprint density at radius 3 is 2.67 bits per heavy atom. The Labute approximate surface area is 147 Å². The fourth-order valence-corrected chi connectivity index (χ4v) is 2.40. The van der Waals surface area contributed by atoms with E-state index in [1.54, 1.807) is 31.4 Å². The zero-order valence-electron chi connectivity index (χ0n) is 13.9. The molecule has 5 heteroatoms. The molecule has 0 saturated carbocycles. The molecule has 0 aliphatic carbocycles. The van der Waals surface area contributed by atoms with Gasteiger partial charge in [-0.05, 0) is 61.4 Å². The fourth-order valence-electron chi connectivity index (χ4n) is 2.18. The molecule has 2 aromatic carbocycles. The molecule has 0 aliphatic rings. The average molecular weight is 346 g/mol. The molecule has 4 nitrogen and oxygen atoms in total. The van der Waals surface area contributed by atoms with E-state index in [0.717, 1.165) is 16.8 Å². The second-order valence-corrected chi connectivity index (χ2v) is 5.56. The number of nitrogens with one attached hydrogen (secondary N) is 1. The van der Waals surface area contributed by atoms with Crippen LogP contribution in [0.5, 0.6) is 11.5 Å². The first kappa shape index (κ1) is 17.9. The number of carbonyl (C=O) groups excluding carboxylic acids is 1. The van der Waals surface area contributed by atoms with Gasteiger partial charge < -0.3 is 14.8 Å². The predicted molar refractivity (Wildman–Crippen MR) is 98.0 cm³/mol. The van der Waals surface area contributed by atoms with Crippen LogP contribution in [0.1, 0.15) is 18.1 Å². The lowest BCUT2D eigenvalue weighted by molar-refractivity contribution is -0.111. The molecule has 0 saturated heterocycles. The van der Waals surface area contributed by atoms with Crippen molar-refractivity contribution in [2.45, 2.75) is 13.8 Å². The molecule has 2 rings (SSSR count). The zero-order valence-corrected chi connectivity index (χ0v) is 14.7. The summed E-state index contributed by atoms with van der Waals surface area (Å²) >= 11 is 5.91. The highest BCUT2D eigenvalue weighted by molar-refractivity contribution is 6.30. The number of aryl methyl sites for hydroxylation is 1. The SMILES string of the molecule is CCOc1ccc(/C=C/C(=O)Nc2ccc(Cl)cc2C)cc1OC. The van der Waals surface area contributed by atoms with Crippen LogP contribution in [-0.2, 0) is 4.79 Å². The summed E-state index contributed by atoms with van der Waals surface area (Å²) in [5.41, 5.74) is 2.49. The summed E-state index contributed by atoms with van der Waals surface area (Å²) in [7, 11) is 1.58. The van der Waals surface area contributed by atoms with E-state index in [9.17, 15) is 4.79 Å². The minimum Gasteiger partial charge on any atom is -0.493 e. The molecule has 0 heterocycles. The van der Waals surface area contributed by atoms with Crippen molar-refractivity contribution < 1.29 is 14.3 Å². The van der Waals surface area contributed by atoms with Crippen LogP contribution in [0.3, 0.4) is 0 Å². The van der Waals surface area contributed by atoms with Crippen LogP contribution < -0.4 is 14.8 Å². The first-order valence-electron chi connectivity index (χ1n) is 7.59. The van der Waals surface area contributed by atoms with Crippen LogP contribution in [0.25, 0.3) is 6.08 Å². The van der Waals surface area contributed by atoms with Gasteiger partial charge in [0.05, 0.1) is 13.7 Å². The molecule has 126 valence electrons. The van der Waals surface area contributed by atoms with Crippen molar-refractivity contribution in [1.82, 2.24) is 0 Å². The third-order valence-corrected chi connectivity index (χ3v) is 3.60. The molecule has 2 aromatic rings. The molecular formula is C19H20ClNO3. The summed E-state index contributed by atoms with van der Waals surface area (Å²) in [6.07, 6.45) is 3.20. The number of anilines is 1. The van der Waals surface area contributed by atoms with Crippen LogP contribution in [0.15, 0.2) is 42.5 Å². The Balaban J connectivity index is 2.08. The first-order chi connectivity index (χ1) is 11.5. The van der Waals surface area contributed by atoms with E-state index in [1.165, 1.54) is 6.08 Å². The smallest absolute Gasteiger partial charge is 0.248 e. The van der Waals surface area contributed by atoms with E-state index < -0.39 is 0 Å². The van der Waals surface area contributed by atoms with Gasteiger partial charge in [-0.25, -0.2) is 0 Å². The lowest BCUT2D eigenvalue weighted by Crippen LogP contribution is -2.08. The fraction of sp³-hybridized carbons (Fsp3) is 0.211. The molecule has 0 radical (unpaired) electrons. The minimum atomic E-state index is -0.215. The number of ether oxygens (including phenoxy) is 2. The van der Waals surface area contributed by atoms with Crippen LogP contribution in [-0.4, -0.2) is 19.6 Å². The number of amides is 1. The molecule has 0 bridgehead atoms. The summed E-state index contributed by atoms with van der Waals surface area (Å²) in [5.74, 6) is 1.10. The normalized spacial score (nSPS) is 10.7. The Kier molecular flexibility index (Phi) is 6.27. The van der Waals surface area contributed by atoms with E-state index in [2.05, 4.69) is 5.32 Å². The molecule has 0 fully saturated rings. The summed E-state index contributed by atoms with van der Waals surface area (Å²) < 4.78 is 10.8. The van der Waals surface area contributed by atoms with Crippen molar-refractivity contribution in [3.05, 3.63) is 58.6 Å². The lowest BCUT2D eigenvalue weighted by Gasteiger charge is -2.09. The van der Waals surface area contributed by atoms with Gasteiger partial charge in [-0.15, -0.1) is 0 Å². The number of benzene rings is 2. The van der Waals surface area contributed by atoms with Crippen molar-refractivity contribution in [1.29, 1.82) is 0 Å². The lowest BCUT2D eigenvalue weighted by atomic mass is 10.1. The molecular weight excluding hydrogens is 326 g/mol. The van der Waals surface area contributed by atoms with Crippen LogP contribution in [0.2, 0.25) is 5.02 Å². The number of methoxy groups -OCH3 is 1. The van der Waals surface area contributed by atoms with Crippen molar-refractivity contribution >= 4 is 29.3 Å². The third kappa shape index (κ3) is 4.77. The van der Waals surface area contributed by atoms with E-state index in [1.807, 2.05) is 32.0 Å². The van der Waals surface area contributed by atoms with Crippen LogP contribution in [0, 0.1) is 6.92 Å². The maximum atomic E-state index is 12.1. The summed E-state index contributed by atoms with van der Waals surface area (Å²) in [5, 5.41) is 3.47. The zero-order chi connectivity index (χ0) is 17.5.